The Morgan fingerprint density at radius 2 is 2.10 bits per heavy atom. The molecule has 0 heterocycles. The summed E-state index contributed by atoms with van der Waals surface area (Å²) in [4.78, 5) is 21.2. The zero-order valence-corrected chi connectivity index (χ0v) is 11.2. The Bertz CT molecular complexity index is 632. The van der Waals surface area contributed by atoms with E-state index in [9.17, 15) is 27.7 Å². The number of hydrogen-bond donors (Lipinski definition) is 2. The monoisotopic (exact) mass is 305 g/mol. The van der Waals surface area contributed by atoms with Gasteiger partial charge in [-0.2, -0.15) is 4.39 Å². The molecule has 0 radical (unpaired) electrons. The molecule has 8 nitrogen and oxygen atoms in total. The second kappa shape index (κ2) is 6.39. The minimum atomic E-state index is -3.46. The van der Waals surface area contributed by atoms with E-state index >= 15 is 0 Å². The fourth-order valence-electron chi connectivity index (χ4n) is 1.30. The van der Waals surface area contributed by atoms with Crippen LogP contribution in [0.15, 0.2) is 18.2 Å². The first kappa shape index (κ1) is 16.0. The van der Waals surface area contributed by atoms with Gasteiger partial charge < -0.3 is 5.32 Å². The molecular weight excluding hydrogens is 293 g/mol. The lowest BCUT2D eigenvalue weighted by molar-refractivity contribution is -0.387. The highest BCUT2D eigenvalue weighted by Gasteiger charge is 2.17. The topological polar surface area (TPSA) is 118 Å². The fourth-order valence-corrected chi connectivity index (χ4v) is 1.87. The molecule has 110 valence electrons. The van der Waals surface area contributed by atoms with Crippen LogP contribution < -0.4 is 10.0 Å². The highest BCUT2D eigenvalue weighted by molar-refractivity contribution is 7.89. The predicted octanol–water partition coefficient (Wildman–Crippen LogP) is 0.0129. The number of nitro benzene ring substituents is 1. The van der Waals surface area contributed by atoms with Crippen molar-refractivity contribution in [3.63, 3.8) is 0 Å². The van der Waals surface area contributed by atoms with Crippen LogP contribution in [-0.2, 0) is 10.0 Å². The van der Waals surface area contributed by atoms with E-state index in [0.717, 1.165) is 18.2 Å². The molecule has 0 unspecified atom stereocenters. The van der Waals surface area contributed by atoms with E-state index in [1.165, 1.54) is 7.05 Å². The number of carbonyl (C=O) groups excluding carboxylic acids is 1. The van der Waals surface area contributed by atoms with Crippen LogP contribution >= 0.6 is 0 Å². The minimum absolute atomic E-state index is 0.125. The van der Waals surface area contributed by atoms with E-state index in [1.807, 2.05) is 0 Å². The summed E-state index contributed by atoms with van der Waals surface area (Å²) in [7, 11) is -2.22. The van der Waals surface area contributed by atoms with Crippen molar-refractivity contribution in [3.8, 4) is 0 Å². The molecule has 1 amide bonds. The van der Waals surface area contributed by atoms with Crippen LogP contribution in [0.4, 0.5) is 10.1 Å². The molecule has 0 aromatic heterocycles. The number of nitrogens with one attached hydrogen (secondary N) is 2. The molecule has 1 aromatic rings. The molecule has 0 saturated carbocycles. The van der Waals surface area contributed by atoms with Gasteiger partial charge in [-0.1, -0.05) is 0 Å². The van der Waals surface area contributed by atoms with E-state index in [-0.39, 0.29) is 17.9 Å². The molecule has 0 fully saturated rings. The molecule has 1 aromatic carbocycles. The molecule has 0 atom stereocenters. The van der Waals surface area contributed by atoms with Gasteiger partial charge in [-0.3, -0.25) is 14.9 Å². The third-order valence-electron chi connectivity index (χ3n) is 2.37. The molecular formula is C10H12FN3O5S. The van der Waals surface area contributed by atoms with Gasteiger partial charge >= 0.3 is 5.69 Å². The summed E-state index contributed by atoms with van der Waals surface area (Å²) in [6, 6.07) is 2.67. The van der Waals surface area contributed by atoms with Crippen LogP contribution in [0.5, 0.6) is 0 Å². The Labute approximate surface area is 114 Å². The van der Waals surface area contributed by atoms with Crippen LogP contribution in [0.3, 0.4) is 0 Å². The molecule has 0 aliphatic heterocycles. The minimum Gasteiger partial charge on any atom is -0.351 e. The van der Waals surface area contributed by atoms with Crippen LogP contribution in [0.25, 0.3) is 0 Å². The molecule has 1 rings (SSSR count). The van der Waals surface area contributed by atoms with Crippen molar-refractivity contribution in [3.05, 3.63) is 39.7 Å². The van der Waals surface area contributed by atoms with Gasteiger partial charge in [-0.05, 0) is 19.2 Å². The second-order valence-electron chi connectivity index (χ2n) is 3.70. The largest absolute Gasteiger partial charge is 0.351 e. The van der Waals surface area contributed by atoms with Gasteiger partial charge in [0.1, 0.15) is 0 Å². The van der Waals surface area contributed by atoms with Crippen molar-refractivity contribution in [1.29, 1.82) is 0 Å². The van der Waals surface area contributed by atoms with E-state index in [0.29, 0.717) is 0 Å². The number of benzene rings is 1. The zero-order valence-electron chi connectivity index (χ0n) is 10.4. The smallest absolute Gasteiger partial charge is 0.305 e. The van der Waals surface area contributed by atoms with E-state index < -0.39 is 32.4 Å². The summed E-state index contributed by atoms with van der Waals surface area (Å²) < 4.78 is 37.4. The Balaban J connectivity index is 2.74. The molecule has 2 N–H and O–H groups in total. The molecule has 0 saturated heterocycles. The Hall–Kier alpha value is -2.07. The van der Waals surface area contributed by atoms with Crippen molar-refractivity contribution in [1.82, 2.24) is 10.0 Å². The van der Waals surface area contributed by atoms with Gasteiger partial charge in [-0.15, -0.1) is 0 Å². The quantitative estimate of drug-likeness (QED) is 0.567. The predicted molar refractivity (Wildman–Crippen MR) is 68.2 cm³/mol. The summed E-state index contributed by atoms with van der Waals surface area (Å²) in [6.45, 7) is -0.173. The fraction of sp³-hybridized carbons (Fsp3) is 0.300. The summed E-state index contributed by atoms with van der Waals surface area (Å²) in [5, 5.41) is 12.8. The summed E-state index contributed by atoms with van der Waals surface area (Å²) in [5.41, 5.74) is -0.944. The van der Waals surface area contributed by atoms with Gasteiger partial charge in [-0.25, -0.2) is 13.1 Å². The average Bonchev–Trinajstić information content (AvgIpc) is 2.38. The van der Waals surface area contributed by atoms with Crippen molar-refractivity contribution < 1.29 is 22.5 Å². The van der Waals surface area contributed by atoms with E-state index in [4.69, 9.17) is 0 Å². The summed E-state index contributed by atoms with van der Waals surface area (Å²) in [6.07, 6.45) is 0. The molecule has 20 heavy (non-hydrogen) atoms. The van der Waals surface area contributed by atoms with Crippen molar-refractivity contribution >= 4 is 21.6 Å². The number of hydrogen-bond acceptors (Lipinski definition) is 5. The number of nitrogens with zero attached hydrogens (tertiary/aromatic N) is 1. The first-order valence-corrected chi connectivity index (χ1v) is 7.05. The maximum absolute atomic E-state index is 13.1. The zero-order chi connectivity index (χ0) is 15.3. The molecule has 0 bridgehead atoms. The SMILES string of the molecule is CNS(=O)(=O)CCNC(=O)c1ccc(F)c([N+](=O)[O-])c1. The Kier molecular flexibility index (Phi) is 5.11. The van der Waals surface area contributed by atoms with E-state index in [1.54, 1.807) is 0 Å². The lowest BCUT2D eigenvalue weighted by Gasteiger charge is -2.05. The van der Waals surface area contributed by atoms with Crippen molar-refractivity contribution in [2.75, 3.05) is 19.3 Å². The number of carbonyl (C=O) groups is 1. The highest BCUT2D eigenvalue weighted by atomic mass is 32.2. The molecule has 0 aliphatic rings. The maximum atomic E-state index is 13.1. The van der Waals surface area contributed by atoms with Gasteiger partial charge in [0.2, 0.25) is 15.8 Å². The lowest BCUT2D eigenvalue weighted by Crippen LogP contribution is -2.32. The first-order chi connectivity index (χ1) is 9.26. The van der Waals surface area contributed by atoms with Gasteiger partial charge in [0.15, 0.2) is 0 Å². The van der Waals surface area contributed by atoms with Crippen LogP contribution in [-0.4, -0.2) is 38.6 Å². The molecule has 10 heteroatoms. The summed E-state index contributed by atoms with van der Waals surface area (Å²) >= 11 is 0. The normalized spacial score (nSPS) is 11.1. The lowest BCUT2D eigenvalue weighted by atomic mass is 10.2. The van der Waals surface area contributed by atoms with Crippen molar-refractivity contribution in [2.45, 2.75) is 0 Å². The second-order valence-corrected chi connectivity index (χ2v) is 5.75. The standard InChI is InChI=1S/C10H12FN3O5S/c1-12-20(18,19)5-4-13-10(15)7-2-3-8(11)9(6-7)14(16)17/h2-3,6,12H,4-5H2,1H3,(H,13,15). The number of rotatable bonds is 6. The highest BCUT2D eigenvalue weighted by Crippen LogP contribution is 2.18. The van der Waals surface area contributed by atoms with Crippen LogP contribution in [0.1, 0.15) is 10.4 Å². The number of halogens is 1. The third kappa shape index (κ3) is 4.24. The van der Waals surface area contributed by atoms with Crippen LogP contribution in [0, 0.1) is 15.9 Å². The van der Waals surface area contributed by atoms with Gasteiger partial charge in [0, 0.05) is 18.2 Å². The van der Waals surface area contributed by atoms with Crippen molar-refractivity contribution in [2.24, 2.45) is 0 Å². The first-order valence-electron chi connectivity index (χ1n) is 5.40. The molecule has 0 aliphatic carbocycles. The number of nitro groups is 1. The number of amides is 1. The Morgan fingerprint density at radius 3 is 2.65 bits per heavy atom. The average molecular weight is 305 g/mol. The van der Waals surface area contributed by atoms with E-state index in [2.05, 4.69) is 10.0 Å². The maximum Gasteiger partial charge on any atom is 0.305 e. The summed E-state index contributed by atoms with van der Waals surface area (Å²) in [5.74, 6) is -2.11. The molecule has 0 spiro atoms. The third-order valence-corrected chi connectivity index (χ3v) is 3.74. The number of sulfonamides is 1. The van der Waals surface area contributed by atoms with Crippen LogP contribution in [0.2, 0.25) is 0 Å². The van der Waals surface area contributed by atoms with Gasteiger partial charge in [0.05, 0.1) is 10.7 Å². The Morgan fingerprint density at radius 1 is 1.45 bits per heavy atom. The van der Waals surface area contributed by atoms with Gasteiger partial charge in [0.25, 0.3) is 5.91 Å².